The zero-order chi connectivity index (χ0) is 29.0. The Hall–Kier alpha value is -4.42. The number of amides is 5. The van der Waals surface area contributed by atoms with Crippen LogP contribution in [0.3, 0.4) is 0 Å². The first-order chi connectivity index (χ1) is 19.0. The minimum atomic E-state index is -1.44. The van der Waals surface area contributed by atoms with Crippen molar-refractivity contribution >= 4 is 57.7 Å². The number of hydrogen-bond donors (Lipinski definition) is 3. The lowest BCUT2D eigenvalue weighted by molar-refractivity contribution is -0.133. The molecule has 208 valence electrons. The van der Waals surface area contributed by atoms with Gasteiger partial charge in [0.15, 0.2) is 6.61 Å². The lowest BCUT2D eigenvalue weighted by Crippen LogP contribution is -2.42. The fourth-order valence-corrected chi connectivity index (χ4v) is 5.18. The average Bonchev–Trinajstić information content (AvgIpc) is 3.42. The minimum Gasteiger partial charge on any atom is -0.484 e. The summed E-state index contributed by atoms with van der Waals surface area (Å²) in [6.45, 7) is 2.41. The van der Waals surface area contributed by atoms with Crippen LogP contribution in [0.25, 0.3) is 11.1 Å². The summed E-state index contributed by atoms with van der Waals surface area (Å²) in [6.07, 6.45) is 0. The minimum absolute atomic E-state index is 0.126. The summed E-state index contributed by atoms with van der Waals surface area (Å²) in [6, 6.07) is 12.3. The molecule has 0 spiro atoms. The second-order valence-electron chi connectivity index (χ2n) is 8.85. The molecule has 1 aliphatic rings. The van der Waals surface area contributed by atoms with Crippen molar-refractivity contribution in [3.63, 3.8) is 0 Å². The third-order valence-corrected chi connectivity index (χ3v) is 7.22. The van der Waals surface area contributed by atoms with Crippen LogP contribution in [0, 0.1) is 0 Å². The van der Waals surface area contributed by atoms with Gasteiger partial charge in [0.25, 0.3) is 11.8 Å². The van der Waals surface area contributed by atoms with E-state index in [1.807, 2.05) is 0 Å². The topological polar surface area (TPSA) is 157 Å². The predicted molar refractivity (Wildman–Crippen MR) is 148 cm³/mol. The number of nitrogens with two attached hydrogens (primary N) is 1. The number of esters is 1. The maximum atomic E-state index is 13.3. The average molecular weight is 585 g/mol. The van der Waals surface area contributed by atoms with E-state index in [-0.39, 0.29) is 23.8 Å². The van der Waals surface area contributed by atoms with Crippen LogP contribution < -0.4 is 21.1 Å². The van der Waals surface area contributed by atoms with E-state index in [1.54, 1.807) is 48.7 Å². The Morgan fingerprint density at radius 2 is 1.77 bits per heavy atom. The standard InChI is InChI=1S/C27H25ClN4O7S/c1-3-38-24(35)22-19(15-4-8-17(28)9-5-15)14-40-23(22)30-21(34)12-32-25(36)27(2,31-26(32)37)16-6-10-18(11-7-16)39-13-20(29)33/h4-11,14H,3,12-13H2,1-2H3,(H2,29,33)(H,30,34)(H,31,37)/t27-/m0/s1. The number of urea groups is 1. The van der Waals surface area contributed by atoms with Crippen molar-refractivity contribution in [2.24, 2.45) is 5.73 Å². The third kappa shape index (κ3) is 5.92. The molecule has 1 fully saturated rings. The lowest BCUT2D eigenvalue weighted by Gasteiger charge is -2.22. The fraction of sp³-hybridized carbons (Fsp3) is 0.222. The van der Waals surface area contributed by atoms with Crippen LogP contribution in [-0.2, 0) is 24.7 Å². The molecule has 2 heterocycles. The van der Waals surface area contributed by atoms with Crippen molar-refractivity contribution in [3.05, 3.63) is 70.1 Å². The molecule has 13 heteroatoms. The first kappa shape index (κ1) is 28.6. The number of hydrogen-bond acceptors (Lipinski definition) is 8. The third-order valence-electron chi connectivity index (χ3n) is 6.07. The zero-order valence-corrected chi connectivity index (χ0v) is 23.1. The number of carbonyl (C=O) groups is 5. The SMILES string of the molecule is CCOC(=O)c1c(-c2ccc(Cl)cc2)csc1NC(=O)CN1C(=O)N[C@@](C)(c2ccc(OCC(N)=O)cc2)C1=O. The number of nitrogens with zero attached hydrogens (tertiary/aromatic N) is 1. The van der Waals surface area contributed by atoms with Crippen LogP contribution in [0.4, 0.5) is 9.80 Å². The van der Waals surface area contributed by atoms with Gasteiger partial charge in [-0.25, -0.2) is 9.59 Å². The van der Waals surface area contributed by atoms with Gasteiger partial charge in [0.1, 0.15) is 28.4 Å². The smallest absolute Gasteiger partial charge is 0.341 e. The molecular formula is C27H25ClN4O7S. The maximum absolute atomic E-state index is 13.3. The molecule has 4 rings (SSSR count). The highest BCUT2D eigenvalue weighted by Gasteiger charge is 2.49. The molecule has 40 heavy (non-hydrogen) atoms. The van der Waals surface area contributed by atoms with Gasteiger partial charge in [0, 0.05) is 16.0 Å². The van der Waals surface area contributed by atoms with E-state index in [1.165, 1.54) is 19.1 Å². The quantitative estimate of drug-likeness (QED) is 0.243. The largest absolute Gasteiger partial charge is 0.484 e. The van der Waals surface area contributed by atoms with Crippen LogP contribution in [0.1, 0.15) is 29.8 Å². The molecule has 1 saturated heterocycles. The number of ether oxygens (including phenoxy) is 2. The van der Waals surface area contributed by atoms with Crippen LogP contribution in [0.5, 0.6) is 5.75 Å². The Labute approximate surface area is 238 Å². The van der Waals surface area contributed by atoms with Gasteiger partial charge in [0.2, 0.25) is 5.91 Å². The Morgan fingerprint density at radius 1 is 1.10 bits per heavy atom. The summed E-state index contributed by atoms with van der Waals surface area (Å²) in [4.78, 5) is 63.5. The van der Waals surface area contributed by atoms with Gasteiger partial charge in [-0.05, 0) is 49.2 Å². The highest BCUT2D eigenvalue weighted by atomic mass is 35.5. The molecule has 0 bridgehead atoms. The van der Waals surface area contributed by atoms with E-state index in [4.69, 9.17) is 26.8 Å². The second-order valence-corrected chi connectivity index (χ2v) is 10.2. The molecule has 1 atom stereocenters. The molecule has 0 unspecified atom stereocenters. The number of rotatable bonds is 10. The molecule has 0 saturated carbocycles. The van der Waals surface area contributed by atoms with Gasteiger partial charge in [-0.1, -0.05) is 35.9 Å². The van der Waals surface area contributed by atoms with E-state index < -0.39 is 41.8 Å². The van der Waals surface area contributed by atoms with E-state index in [2.05, 4.69) is 10.6 Å². The second kappa shape index (κ2) is 11.8. The number of benzene rings is 2. The molecule has 4 N–H and O–H groups in total. The van der Waals surface area contributed by atoms with Crippen LogP contribution in [0.15, 0.2) is 53.9 Å². The summed E-state index contributed by atoms with van der Waals surface area (Å²) < 4.78 is 10.4. The van der Waals surface area contributed by atoms with E-state index in [9.17, 15) is 24.0 Å². The van der Waals surface area contributed by atoms with Crippen molar-refractivity contribution in [1.29, 1.82) is 0 Å². The molecule has 0 aliphatic carbocycles. The summed E-state index contributed by atoms with van der Waals surface area (Å²) in [7, 11) is 0. The van der Waals surface area contributed by atoms with Crippen molar-refractivity contribution in [2.45, 2.75) is 19.4 Å². The summed E-state index contributed by atoms with van der Waals surface area (Å²) in [5.41, 5.74) is 5.47. The van der Waals surface area contributed by atoms with Crippen LogP contribution >= 0.6 is 22.9 Å². The Bertz CT molecular complexity index is 1470. The predicted octanol–water partition coefficient (Wildman–Crippen LogP) is 3.52. The first-order valence-electron chi connectivity index (χ1n) is 12.0. The monoisotopic (exact) mass is 584 g/mol. The highest BCUT2D eigenvalue weighted by molar-refractivity contribution is 7.15. The van der Waals surface area contributed by atoms with Crippen LogP contribution in [-0.4, -0.2) is 54.4 Å². The molecule has 11 nitrogen and oxygen atoms in total. The molecule has 5 amide bonds. The number of primary amides is 1. The van der Waals surface area contributed by atoms with Crippen molar-refractivity contribution < 1.29 is 33.4 Å². The van der Waals surface area contributed by atoms with Crippen molar-refractivity contribution in [1.82, 2.24) is 10.2 Å². The van der Waals surface area contributed by atoms with Crippen LogP contribution in [0.2, 0.25) is 5.02 Å². The van der Waals surface area contributed by atoms with Gasteiger partial charge in [-0.2, -0.15) is 0 Å². The van der Waals surface area contributed by atoms with Gasteiger partial charge >= 0.3 is 12.0 Å². The first-order valence-corrected chi connectivity index (χ1v) is 13.3. The summed E-state index contributed by atoms with van der Waals surface area (Å²) in [5.74, 6) is -2.24. The molecule has 1 aliphatic heterocycles. The highest BCUT2D eigenvalue weighted by Crippen LogP contribution is 2.37. The Balaban J connectivity index is 1.51. The molecule has 3 aromatic rings. The number of imide groups is 1. The van der Waals surface area contributed by atoms with Gasteiger partial charge < -0.3 is 25.8 Å². The van der Waals surface area contributed by atoms with Gasteiger partial charge in [0.05, 0.1) is 6.61 Å². The number of thiophene rings is 1. The normalized spacial score (nSPS) is 16.4. The van der Waals surface area contributed by atoms with Gasteiger partial charge in [-0.3, -0.25) is 19.3 Å². The van der Waals surface area contributed by atoms with E-state index >= 15 is 0 Å². The molecule has 2 aromatic carbocycles. The Morgan fingerprint density at radius 3 is 2.40 bits per heavy atom. The summed E-state index contributed by atoms with van der Waals surface area (Å²) >= 11 is 7.10. The fourth-order valence-electron chi connectivity index (χ4n) is 4.08. The zero-order valence-electron chi connectivity index (χ0n) is 21.5. The number of nitrogens with one attached hydrogen (secondary N) is 2. The van der Waals surface area contributed by atoms with Crippen molar-refractivity contribution in [3.8, 4) is 16.9 Å². The molecule has 0 radical (unpaired) electrons. The Kier molecular flexibility index (Phi) is 8.40. The number of anilines is 1. The van der Waals surface area contributed by atoms with Crippen molar-refractivity contribution in [2.75, 3.05) is 25.1 Å². The van der Waals surface area contributed by atoms with E-state index in [0.717, 1.165) is 16.2 Å². The maximum Gasteiger partial charge on any atom is 0.341 e. The van der Waals surface area contributed by atoms with E-state index in [0.29, 0.717) is 27.5 Å². The molecular weight excluding hydrogens is 560 g/mol. The summed E-state index contributed by atoms with van der Waals surface area (Å²) in [5, 5.41) is 7.71. The lowest BCUT2D eigenvalue weighted by atomic mass is 9.92. The van der Waals surface area contributed by atoms with Gasteiger partial charge in [-0.15, -0.1) is 11.3 Å². The molecule has 1 aromatic heterocycles. The number of carbonyl (C=O) groups excluding carboxylic acids is 5. The number of halogens is 1.